The number of carbonyl (C=O) groups excluding carboxylic acids is 8. The van der Waals surface area contributed by atoms with E-state index < -0.39 is 67.4 Å². The summed E-state index contributed by atoms with van der Waals surface area (Å²) < 4.78 is 60.4. The second-order valence-corrected chi connectivity index (χ2v) is 43.0. The van der Waals surface area contributed by atoms with Gasteiger partial charge in [-0.15, -0.1) is 12.4 Å². The maximum atomic E-state index is 12.6. The van der Waals surface area contributed by atoms with Crippen LogP contribution in [0.1, 0.15) is 232 Å². The third-order valence-electron chi connectivity index (χ3n) is 23.6. The number of rotatable bonds is 9. The van der Waals surface area contributed by atoms with E-state index in [4.69, 9.17) is 42.1 Å². The molecule has 3 N–H and O–H groups in total. The van der Waals surface area contributed by atoms with Crippen LogP contribution in [0.25, 0.3) is 87.7 Å². The van der Waals surface area contributed by atoms with E-state index in [-0.39, 0.29) is 63.7 Å². The van der Waals surface area contributed by atoms with Crippen molar-refractivity contribution in [3.8, 4) is 22.3 Å². The third kappa shape index (κ3) is 27.3. The van der Waals surface area contributed by atoms with Crippen LogP contribution in [0, 0.1) is 0 Å². The van der Waals surface area contributed by atoms with Crippen LogP contribution in [0.5, 0.6) is 0 Å². The number of nitrogens with zero attached hydrogens (tertiary/aromatic N) is 9. The first-order chi connectivity index (χ1) is 64.7. The number of Topliss-reactive ketones (excluding diaryl/α,β-unsaturated/α-hetero) is 5. The summed E-state index contributed by atoms with van der Waals surface area (Å²) in [6.07, 6.45) is 18.4. The smallest absolute Gasteiger partial charge is 0.443 e. The van der Waals surface area contributed by atoms with Gasteiger partial charge in [0, 0.05) is 143 Å². The van der Waals surface area contributed by atoms with Gasteiger partial charge in [0.1, 0.15) is 16.8 Å². The number of hydrogen-bond donors (Lipinski definition) is 3. The second kappa shape index (κ2) is 44.5. The predicted octanol–water partition coefficient (Wildman–Crippen LogP) is 25.2. The monoisotopic (exact) mass is 2180 g/mol. The van der Waals surface area contributed by atoms with Crippen molar-refractivity contribution in [3.05, 3.63) is 254 Å². The maximum Gasteiger partial charge on any atom is 0.494 e. The first-order valence-corrected chi connectivity index (χ1v) is 47.9. The SMILES string of the molecule is Brc1ccc2[nH]ccc2c1.Brc1ccnnc1.CC(=O)c1c[nH]c2ccc(-c3ccnnc3)cc12.CC(=O)c1c[nH]c2ccc(Br)cc12.CC(=O)c1cn(C(=O)OC(C)(C)C)c2ccc(-c3ccnnc3)cc12.CC(=O)c1cn(C(=O)OC(C)(C)C)c2ccc(B3OC(C)(C)C(C)(C)O3)cc12.CC(=O)c1cn(C(=O)OC(C)(C)C)c2ccc(Br)cc12.CC1(C)OB(B2OC(C)(C)C(C)(C)O2)OC1(C)C.Cl. The van der Waals surface area contributed by atoms with E-state index in [0.29, 0.717) is 49.6 Å². The molecule has 29 nitrogen and oxygen atoms in total. The Bertz CT molecular complexity index is 6980. The second-order valence-electron chi connectivity index (χ2n) is 39.4. The van der Waals surface area contributed by atoms with Gasteiger partial charge in [0.15, 0.2) is 28.9 Å². The number of ether oxygens (including phenoxy) is 3. The van der Waals surface area contributed by atoms with Crippen molar-refractivity contribution < 1.29 is 80.5 Å². The molecule has 9 aromatic heterocycles. The minimum absolute atomic E-state index is 0. The molecule has 3 aliphatic rings. The van der Waals surface area contributed by atoms with Crippen molar-refractivity contribution in [2.75, 3.05) is 0 Å². The van der Waals surface area contributed by atoms with E-state index in [0.717, 1.165) is 78.4 Å². The summed E-state index contributed by atoms with van der Waals surface area (Å²) in [5.41, 5.74) is 8.35. The lowest BCUT2D eigenvalue weighted by Crippen LogP contribution is -2.41. The van der Waals surface area contributed by atoms with Crippen LogP contribution >= 0.6 is 76.1 Å². The molecule has 6 aromatic carbocycles. The zero-order valence-corrected chi connectivity index (χ0v) is 90.4. The molecule has 140 heavy (non-hydrogen) atoms. The molecule has 0 saturated carbocycles. The van der Waals surface area contributed by atoms with Crippen molar-refractivity contribution in [3.63, 3.8) is 0 Å². The van der Waals surface area contributed by atoms with Gasteiger partial charge < -0.3 is 57.1 Å². The van der Waals surface area contributed by atoms with E-state index in [1.54, 1.807) is 144 Å². The van der Waals surface area contributed by atoms with Crippen LogP contribution in [0.15, 0.2) is 226 Å². The highest BCUT2D eigenvalue weighted by Gasteiger charge is 2.64. The summed E-state index contributed by atoms with van der Waals surface area (Å²) in [4.78, 5) is 105. The number of ketones is 5. The molecule has 734 valence electrons. The van der Waals surface area contributed by atoms with E-state index in [1.165, 1.54) is 64.0 Å². The van der Waals surface area contributed by atoms with Gasteiger partial charge in [-0.2, -0.15) is 30.6 Å². The molecule has 37 heteroatoms. The number of aromatic amines is 3. The highest BCUT2D eigenvalue weighted by molar-refractivity contribution is 9.11. The molecule has 0 spiro atoms. The molecule has 3 aliphatic heterocycles. The largest absolute Gasteiger partial charge is 0.494 e. The molecule has 0 amide bonds. The van der Waals surface area contributed by atoms with Crippen molar-refractivity contribution in [1.82, 2.24) is 59.2 Å². The average molecular weight is 2180 g/mol. The molecule has 12 heterocycles. The van der Waals surface area contributed by atoms with Crippen LogP contribution in [-0.4, -0.2) is 178 Å². The van der Waals surface area contributed by atoms with Crippen LogP contribution in [0.2, 0.25) is 0 Å². The Morgan fingerprint density at radius 2 is 0.650 bits per heavy atom. The summed E-state index contributed by atoms with van der Waals surface area (Å²) in [6.45, 7) is 48.0. The van der Waals surface area contributed by atoms with Crippen molar-refractivity contribution in [1.29, 1.82) is 0 Å². The van der Waals surface area contributed by atoms with E-state index in [1.807, 2.05) is 186 Å². The van der Waals surface area contributed by atoms with Gasteiger partial charge in [-0.25, -0.2) is 14.4 Å². The molecule has 0 atom stereocenters. The lowest BCUT2D eigenvalue weighted by molar-refractivity contribution is 0.00578. The van der Waals surface area contributed by atoms with E-state index in [9.17, 15) is 38.4 Å². The molecular weight excluding hydrogens is 2060 g/mol. The van der Waals surface area contributed by atoms with Crippen molar-refractivity contribution >= 4 is 215 Å². The highest BCUT2D eigenvalue weighted by atomic mass is 79.9. The van der Waals surface area contributed by atoms with E-state index in [2.05, 4.69) is 127 Å². The van der Waals surface area contributed by atoms with Crippen molar-refractivity contribution in [2.45, 2.75) is 230 Å². The molecule has 0 unspecified atom stereocenters. The molecule has 0 aliphatic carbocycles. The number of fused-ring (bicyclic) bond motifs is 6. The summed E-state index contributed by atoms with van der Waals surface area (Å²) in [7, 11) is -1.49. The summed E-state index contributed by atoms with van der Waals surface area (Å²) in [5.74, 6) is -0.179. The number of hydrogen-bond acceptors (Lipinski definition) is 23. The minimum Gasteiger partial charge on any atom is -0.443 e. The summed E-state index contributed by atoms with van der Waals surface area (Å²) >= 11 is 13.4. The average Bonchev–Trinajstić information content (AvgIpc) is 1.61. The van der Waals surface area contributed by atoms with Crippen LogP contribution in [0.3, 0.4) is 0 Å². The molecule has 3 fully saturated rings. The molecule has 0 radical (unpaired) electrons. The zero-order valence-electron chi connectivity index (χ0n) is 83.2. The fraction of sp³-hybridized carbons (Fsp3) is 0.340. The minimum atomic E-state index is -0.632. The number of nitrogens with one attached hydrogen (secondary N) is 3. The molecule has 0 bridgehead atoms. The molecule has 18 rings (SSSR count). The van der Waals surface area contributed by atoms with Crippen LogP contribution in [-0.2, 0) is 42.1 Å². The Kier molecular flexibility index (Phi) is 35.2. The molecule has 15 aromatic rings. The van der Waals surface area contributed by atoms with Gasteiger partial charge in [-0.3, -0.25) is 37.7 Å². The van der Waals surface area contributed by atoms with E-state index >= 15 is 0 Å². The van der Waals surface area contributed by atoms with Gasteiger partial charge in [0.2, 0.25) is 0 Å². The maximum absolute atomic E-state index is 12.6. The Balaban J connectivity index is 0.000000169. The summed E-state index contributed by atoms with van der Waals surface area (Å²) in [6, 6.07) is 42.1. The molecule has 3 saturated heterocycles. The first-order valence-electron chi connectivity index (χ1n) is 44.7. The Hall–Kier alpha value is -11.3. The third-order valence-corrected chi connectivity index (χ3v) is 25.5. The standard InChI is InChI=1S/C21H28BNO5.C19H19N3O3.C15H16BrNO3.C14H11N3O.C12H24B2O4.C10H8BrNO.C8H6BrN.C4H3BrN2.ClH/c1-13(24)16-12-23(18(25)26-19(2,3)4)17-10-9-14(11-15(16)17)22-27-20(5,6)21(7,8)28-22;1-12(23)16-11-22(18(24)25-19(2,3)4)17-6-5-13(9-15(16)17)14-7-8-20-21-10-14;1-9(18)12-8-17(14(19)20-15(2,3)4)13-6-5-10(16)7-11(12)13;1-9(18)13-8-15-14-3-2-10(6-12(13)14)11-4-5-16-17-7-11;1-9(2)10(3,4)16-13(15-9)14-17-11(5,6)12(7,8)18-14;1-6(13)9-5-12-10-3-2-7(11)4-8(9)10;9-7-1-2-8-6(5-7)3-4-10-8;5-4-1-2-6-7-3-4;/h9-12H,1-8H3;5-11H,1-4H3;5-8H,1-4H3;2-8,15H,1H3;1-8H3;2-5,12H,1H3;1-5,10H;1-3H;1H. The Labute approximate surface area is 854 Å². The lowest BCUT2D eigenvalue weighted by atomic mass is 9.49. The normalized spacial score (nSPS) is 15.1. The molecular formula is C103H116B3Br4ClN12O17. The van der Waals surface area contributed by atoms with Gasteiger partial charge >= 0.3 is 39.4 Å². The number of benzene rings is 6. The zero-order chi connectivity index (χ0) is 102. The highest BCUT2D eigenvalue weighted by Crippen LogP contribution is 2.44. The number of halogens is 5. The van der Waals surface area contributed by atoms with Gasteiger partial charge in [-0.05, 0) is 322 Å². The van der Waals surface area contributed by atoms with Crippen LogP contribution < -0.4 is 5.46 Å². The number of aromatic nitrogens is 12. The van der Waals surface area contributed by atoms with Gasteiger partial charge in [0.25, 0.3) is 0 Å². The van der Waals surface area contributed by atoms with Gasteiger partial charge in [0.05, 0.1) is 87.3 Å². The fourth-order valence-electron chi connectivity index (χ4n) is 14.4. The first kappa shape index (κ1) is 111. The lowest BCUT2D eigenvalue weighted by Gasteiger charge is -2.32. The van der Waals surface area contributed by atoms with Gasteiger partial charge in [-0.1, -0.05) is 72.1 Å². The van der Waals surface area contributed by atoms with Crippen LogP contribution in [0.4, 0.5) is 14.4 Å². The summed E-state index contributed by atoms with van der Waals surface area (Å²) in [5, 5.41) is 27.7. The van der Waals surface area contributed by atoms with Crippen molar-refractivity contribution in [2.24, 2.45) is 0 Å². The Morgan fingerprint density at radius 3 is 1.02 bits per heavy atom. The predicted molar refractivity (Wildman–Crippen MR) is 566 cm³/mol. The number of H-pyrrole nitrogens is 3. The quantitative estimate of drug-likeness (QED) is 0.0686. The number of carbonyl (C=O) groups is 8. The Morgan fingerprint density at radius 1 is 0.329 bits per heavy atom. The topological polar surface area (TPSA) is 359 Å². The fourth-order valence-corrected chi connectivity index (χ4v) is 15.7.